The second-order valence-electron chi connectivity index (χ2n) is 7.20. The average molecular weight is 370 g/mol. The molecular formula is C20H26N4O3. The molecule has 0 aliphatic carbocycles. The number of likely N-dealkylation sites (tertiary alicyclic amines) is 1. The summed E-state index contributed by atoms with van der Waals surface area (Å²) in [6, 6.07) is 7.80. The largest absolute Gasteiger partial charge is 0.369 e. The molecule has 1 aromatic carbocycles. The molecule has 0 bridgehead atoms. The third-order valence-corrected chi connectivity index (χ3v) is 5.07. The number of rotatable bonds is 6. The highest BCUT2D eigenvalue weighted by Crippen LogP contribution is 2.19. The van der Waals surface area contributed by atoms with Gasteiger partial charge in [0.15, 0.2) is 0 Å². The van der Waals surface area contributed by atoms with Crippen LogP contribution in [0.4, 0.5) is 5.69 Å². The number of amides is 2. The quantitative estimate of drug-likeness (QED) is 0.811. The fraction of sp³-hybridized carbons (Fsp3) is 0.450. The molecular weight excluding hydrogens is 344 g/mol. The summed E-state index contributed by atoms with van der Waals surface area (Å²) in [7, 11) is 0. The lowest BCUT2D eigenvalue weighted by Crippen LogP contribution is -2.40. The van der Waals surface area contributed by atoms with Gasteiger partial charge in [-0.3, -0.25) is 14.5 Å². The van der Waals surface area contributed by atoms with Crippen molar-refractivity contribution in [1.82, 2.24) is 10.1 Å². The first-order valence-electron chi connectivity index (χ1n) is 9.24. The van der Waals surface area contributed by atoms with Crippen molar-refractivity contribution in [3.05, 3.63) is 46.8 Å². The lowest BCUT2D eigenvalue weighted by molar-refractivity contribution is -0.123. The summed E-state index contributed by atoms with van der Waals surface area (Å²) in [4.78, 5) is 25.9. The van der Waals surface area contributed by atoms with Gasteiger partial charge in [-0.05, 0) is 50.9 Å². The molecule has 7 heteroatoms. The number of piperidine rings is 1. The fourth-order valence-electron chi connectivity index (χ4n) is 3.50. The van der Waals surface area contributed by atoms with Gasteiger partial charge in [-0.15, -0.1) is 0 Å². The number of anilines is 1. The van der Waals surface area contributed by atoms with Gasteiger partial charge < -0.3 is 15.6 Å². The monoisotopic (exact) mass is 370 g/mol. The molecule has 27 heavy (non-hydrogen) atoms. The van der Waals surface area contributed by atoms with Gasteiger partial charge >= 0.3 is 0 Å². The molecule has 1 fully saturated rings. The third kappa shape index (κ3) is 4.95. The van der Waals surface area contributed by atoms with Crippen molar-refractivity contribution in [2.24, 2.45) is 11.7 Å². The zero-order valence-electron chi connectivity index (χ0n) is 15.8. The van der Waals surface area contributed by atoms with E-state index in [1.807, 2.05) is 31.2 Å². The van der Waals surface area contributed by atoms with Gasteiger partial charge in [0.05, 0.1) is 18.0 Å². The van der Waals surface area contributed by atoms with Crippen LogP contribution < -0.4 is 11.1 Å². The minimum absolute atomic E-state index is 0.0540. The highest BCUT2D eigenvalue weighted by Gasteiger charge is 2.23. The van der Waals surface area contributed by atoms with Crippen molar-refractivity contribution in [2.45, 2.75) is 39.7 Å². The Kier molecular flexibility index (Phi) is 5.91. The molecule has 1 aromatic heterocycles. The van der Waals surface area contributed by atoms with E-state index in [1.54, 1.807) is 6.92 Å². The number of benzene rings is 1. The van der Waals surface area contributed by atoms with Crippen LogP contribution in [0.5, 0.6) is 0 Å². The topological polar surface area (TPSA) is 101 Å². The number of primary amides is 1. The van der Waals surface area contributed by atoms with E-state index in [4.69, 9.17) is 10.3 Å². The van der Waals surface area contributed by atoms with Gasteiger partial charge in [0, 0.05) is 24.3 Å². The second kappa shape index (κ2) is 8.35. The molecule has 1 saturated heterocycles. The molecule has 1 atom stereocenters. The van der Waals surface area contributed by atoms with Gasteiger partial charge in [-0.1, -0.05) is 17.3 Å². The van der Waals surface area contributed by atoms with Crippen molar-refractivity contribution < 1.29 is 14.1 Å². The van der Waals surface area contributed by atoms with E-state index in [0.717, 1.165) is 48.4 Å². The minimum atomic E-state index is -0.212. The molecule has 2 aromatic rings. The van der Waals surface area contributed by atoms with Crippen LogP contribution in [0.1, 0.15) is 35.4 Å². The Morgan fingerprint density at radius 2 is 2.04 bits per heavy atom. The third-order valence-electron chi connectivity index (χ3n) is 5.07. The minimum Gasteiger partial charge on any atom is -0.369 e. The normalized spacial score (nSPS) is 17.6. The number of nitrogens with zero attached hydrogens (tertiary/aromatic N) is 2. The number of hydrogen-bond donors (Lipinski definition) is 2. The van der Waals surface area contributed by atoms with E-state index >= 15 is 0 Å². The number of nitrogens with two attached hydrogens (primary N) is 1. The van der Waals surface area contributed by atoms with Gasteiger partial charge in [0.1, 0.15) is 5.76 Å². The first-order chi connectivity index (χ1) is 12.9. The van der Waals surface area contributed by atoms with Crippen LogP contribution in [-0.4, -0.2) is 35.0 Å². The standard InChI is InChI=1S/C20H26N4O3/c1-13-18(14(2)27-23-13)10-19(25)22-17-7-5-15(6-8-17)11-24-9-3-4-16(12-24)20(21)26/h5-8,16H,3-4,9-12H2,1-2H3,(H2,21,26)(H,22,25). The molecule has 0 radical (unpaired) electrons. The lowest BCUT2D eigenvalue weighted by Gasteiger charge is -2.31. The Bertz CT molecular complexity index is 794. The number of hydrogen-bond acceptors (Lipinski definition) is 5. The molecule has 3 N–H and O–H groups in total. The van der Waals surface area contributed by atoms with E-state index in [0.29, 0.717) is 12.3 Å². The first-order valence-corrected chi connectivity index (χ1v) is 9.24. The number of nitrogens with one attached hydrogen (secondary N) is 1. The first kappa shape index (κ1) is 19.1. The summed E-state index contributed by atoms with van der Waals surface area (Å²) in [6.45, 7) is 6.10. The summed E-state index contributed by atoms with van der Waals surface area (Å²) in [5.41, 5.74) is 8.91. The predicted molar refractivity (Wildman–Crippen MR) is 102 cm³/mol. The van der Waals surface area contributed by atoms with Crippen LogP contribution in [-0.2, 0) is 22.6 Å². The molecule has 1 aliphatic heterocycles. The highest BCUT2D eigenvalue weighted by molar-refractivity contribution is 5.92. The molecule has 1 unspecified atom stereocenters. The molecule has 144 valence electrons. The molecule has 0 saturated carbocycles. The Labute approximate surface area is 158 Å². The van der Waals surface area contributed by atoms with E-state index in [9.17, 15) is 9.59 Å². The maximum Gasteiger partial charge on any atom is 0.228 e. The zero-order chi connectivity index (χ0) is 19.4. The Hall–Kier alpha value is -2.67. The van der Waals surface area contributed by atoms with Crippen molar-refractivity contribution in [1.29, 1.82) is 0 Å². The lowest BCUT2D eigenvalue weighted by atomic mass is 9.97. The fourth-order valence-corrected chi connectivity index (χ4v) is 3.50. The molecule has 7 nitrogen and oxygen atoms in total. The van der Waals surface area contributed by atoms with Crippen molar-refractivity contribution in [2.75, 3.05) is 18.4 Å². The van der Waals surface area contributed by atoms with Crippen molar-refractivity contribution in [3.63, 3.8) is 0 Å². The molecule has 3 rings (SSSR count). The maximum absolute atomic E-state index is 12.3. The van der Waals surface area contributed by atoms with Crippen LogP contribution in [0.25, 0.3) is 0 Å². The van der Waals surface area contributed by atoms with E-state index in [2.05, 4.69) is 15.4 Å². The maximum atomic E-state index is 12.3. The predicted octanol–water partition coefficient (Wildman–Crippen LogP) is 2.17. The average Bonchev–Trinajstić information content (AvgIpc) is 2.95. The van der Waals surface area contributed by atoms with Crippen molar-refractivity contribution in [3.8, 4) is 0 Å². The summed E-state index contributed by atoms with van der Waals surface area (Å²) in [6.07, 6.45) is 2.11. The Balaban J connectivity index is 1.54. The van der Waals surface area contributed by atoms with E-state index in [1.165, 1.54) is 0 Å². The van der Waals surface area contributed by atoms with Crippen LogP contribution in [0.15, 0.2) is 28.8 Å². The van der Waals surface area contributed by atoms with E-state index < -0.39 is 0 Å². The smallest absolute Gasteiger partial charge is 0.228 e. The van der Waals surface area contributed by atoms with E-state index in [-0.39, 0.29) is 24.2 Å². The van der Waals surface area contributed by atoms with Crippen LogP contribution in [0.3, 0.4) is 0 Å². The van der Waals surface area contributed by atoms with Crippen LogP contribution >= 0.6 is 0 Å². The Morgan fingerprint density at radius 3 is 2.67 bits per heavy atom. The molecule has 2 amide bonds. The summed E-state index contributed by atoms with van der Waals surface area (Å²) < 4.78 is 5.09. The summed E-state index contributed by atoms with van der Waals surface area (Å²) >= 11 is 0. The molecule has 2 heterocycles. The molecule has 0 spiro atoms. The Morgan fingerprint density at radius 1 is 1.30 bits per heavy atom. The number of carbonyl (C=O) groups excluding carboxylic acids is 2. The summed E-state index contributed by atoms with van der Waals surface area (Å²) in [5.74, 6) is 0.309. The van der Waals surface area contributed by atoms with Gasteiger partial charge in [-0.2, -0.15) is 0 Å². The van der Waals surface area contributed by atoms with Gasteiger partial charge in [-0.25, -0.2) is 0 Å². The van der Waals surface area contributed by atoms with Gasteiger partial charge in [0.2, 0.25) is 11.8 Å². The SMILES string of the molecule is Cc1noc(C)c1CC(=O)Nc1ccc(CN2CCCC(C(N)=O)C2)cc1. The molecule has 1 aliphatic rings. The number of aryl methyl sites for hydroxylation is 2. The van der Waals surface area contributed by atoms with Crippen LogP contribution in [0, 0.1) is 19.8 Å². The van der Waals surface area contributed by atoms with Crippen molar-refractivity contribution >= 4 is 17.5 Å². The summed E-state index contributed by atoms with van der Waals surface area (Å²) in [5, 5.41) is 6.78. The van der Waals surface area contributed by atoms with Crippen LogP contribution in [0.2, 0.25) is 0 Å². The number of carbonyl (C=O) groups is 2. The number of aromatic nitrogens is 1. The van der Waals surface area contributed by atoms with Gasteiger partial charge in [0.25, 0.3) is 0 Å². The zero-order valence-corrected chi connectivity index (χ0v) is 15.8. The second-order valence-corrected chi connectivity index (χ2v) is 7.20. The highest BCUT2D eigenvalue weighted by atomic mass is 16.5.